The van der Waals surface area contributed by atoms with Crippen LogP contribution in [0, 0.1) is 0 Å². The molecular weight excluding hydrogens is 186 g/mol. The van der Waals surface area contributed by atoms with Crippen LogP contribution >= 0.6 is 11.8 Å². The highest BCUT2D eigenvalue weighted by atomic mass is 32.2. The zero-order valence-electron chi connectivity index (χ0n) is 7.40. The fourth-order valence-corrected chi connectivity index (χ4v) is 1.83. The minimum atomic E-state index is -0.309. The van der Waals surface area contributed by atoms with Crippen molar-refractivity contribution in [2.75, 3.05) is 6.26 Å². The predicted molar refractivity (Wildman–Crippen MR) is 53.2 cm³/mol. The number of thioether (sulfide) groups is 1. The topological polar surface area (TPSA) is 35.1 Å². The molecule has 68 valence electrons. The SMILES string of the molecule is CSc1cccc2c1oc(=O)n2C. The Morgan fingerprint density at radius 2 is 2.23 bits per heavy atom. The standard InChI is InChI=1S/C9H9NO2S/c1-10-6-4-3-5-7(13-2)8(6)12-9(10)11/h3-5H,1-2H3. The largest absolute Gasteiger partial charge is 0.419 e. The van der Waals surface area contributed by atoms with E-state index in [0.29, 0.717) is 5.58 Å². The smallest absolute Gasteiger partial charge is 0.406 e. The number of benzene rings is 1. The highest BCUT2D eigenvalue weighted by Gasteiger charge is 2.08. The van der Waals surface area contributed by atoms with Crippen LogP contribution in [0.1, 0.15) is 0 Å². The number of oxazole rings is 1. The van der Waals surface area contributed by atoms with Gasteiger partial charge >= 0.3 is 5.76 Å². The average Bonchev–Trinajstić information content (AvgIpc) is 2.43. The lowest BCUT2D eigenvalue weighted by atomic mass is 10.3. The molecule has 13 heavy (non-hydrogen) atoms. The molecule has 0 aliphatic carbocycles. The van der Waals surface area contributed by atoms with E-state index in [4.69, 9.17) is 4.42 Å². The van der Waals surface area contributed by atoms with Gasteiger partial charge in [0.2, 0.25) is 0 Å². The van der Waals surface area contributed by atoms with Crippen LogP contribution in [0.2, 0.25) is 0 Å². The molecule has 0 bridgehead atoms. The van der Waals surface area contributed by atoms with Crippen molar-refractivity contribution in [3.8, 4) is 0 Å². The van der Waals surface area contributed by atoms with E-state index in [9.17, 15) is 4.79 Å². The summed E-state index contributed by atoms with van der Waals surface area (Å²) < 4.78 is 6.62. The number of fused-ring (bicyclic) bond motifs is 1. The Labute approximate surface area is 79.4 Å². The molecule has 0 saturated carbocycles. The lowest BCUT2D eigenvalue weighted by molar-refractivity contribution is 0.523. The van der Waals surface area contributed by atoms with E-state index in [1.54, 1.807) is 18.8 Å². The predicted octanol–water partition coefficient (Wildman–Crippen LogP) is 1.85. The summed E-state index contributed by atoms with van der Waals surface area (Å²) in [5, 5.41) is 0. The molecule has 2 rings (SSSR count). The van der Waals surface area contributed by atoms with Gasteiger partial charge in [-0.3, -0.25) is 4.57 Å². The third-order valence-corrected chi connectivity index (χ3v) is 2.76. The molecule has 0 aliphatic rings. The first-order valence-electron chi connectivity index (χ1n) is 3.86. The third-order valence-electron chi connectivity index (χ3n) is 2.00. The summed E-state index contributed by atoms with van der Waals surface area (Å²) in [6.45, 7) is 0. The number of para-hydroxylation sites is 1. The van der Waals surface area contributed by atoms with Crippen molar-refractivity contribution in [2.24, 2.45) is 7.05 Å². The minimum absolute atomic E-state index is 0.309. The highest BCUT2D eigenvalue weighted by Crippen LogP contribution is 2.24. The molecule has 0 saturated heterocycles. The summed E-state index contributed by atoms with van der Waals surface area (Å²) in [6, 6.07) is 5.74. The molecule has 0 radical (unpaired) electrons. The van der Waals surface area contributed by atoms with Crippen molar-refractivity contribution in [3.05, 3.63) is 28.7 Å². The molecule has 0 atom stereocenters. The number of rotatable bonds is 1. The molecule has 0 aliphatic heterocycles. The number of hydrogen-bond acceptors (Lipinski definition) is 3. The summed E-state index contributed by atoms with van der Waals surface area (Å²) in [7, 11) is 1.71. The first kappa shape index (κ1) is 8.44. The second-order valence-corrected chi connectivity index (χ2v) is 3.58. The van der Waals surface area contributed by atoms with Crippen LogP contribution in [0.15, 0.2) is 32.3 Å². The van der Waals surface area contributed by atoms with E-state index in [2.05, 4.69) is 0 Å². The molecule has 0 unspecified atom stereocenters. The van der Waals surface area contributed by atoms with Gasteiger partial charge < -0.3 is 4.42 Å². The van der Waals surface area contributed by atoms with Crippen LogP contribution < -0.4 is 5.76 Å². The maximum atomic E-state index is 11.2. The van der Waals surface area contributed by atoms with Crippen molar-refractivity contribution >= 4 is 22.9 Å². The molecule has 2 aromatic rings. The van der Waals surface area contributed by atoms with E-state index >= 15 is 0 Å². The molecule has 1 aromatic carbocycles. The molecule has 3 nitrogen and oxygen atoms in total. The van der Waals surface area contributed by atoms with Gasteiger partial charge in [0.15, 0.2) is 5.58 Å². The van der Waals surface area contributed by atoms with E-state index in [-0.39, 0.29) is 5.76 Å². The van der Waals surface area contributed by atoms with Gasteiger partial charge in [0.25, 0.3) is 0 Å². The molecule has 0 fully saturated rings. The molecule has 1 aromatic heterocycles. The van der Waals surface area contributed by atoms with E-state index in [1.807, 2.05) is 24.5 Å². The number of aromatic nitrogens is 1. The van der Waals surface area contributed by atoms with Gasteiger partial charge in [0.05, 0.1) is 10.4 Å². The Balaban J connectivity index is 2.92. The molecule has 4 heteroatoms. The second-order valence-electron chi connectivity index (χ2n) is 2.74. The highest BCUT2D eigenvalue weighted by molar-refractivity contribution is 7.98. The number of aryl methyl sites for hydroxylation is 1. The third kappa shape index (κ3) is 1.18. The summed E-state index contributed by atoms with van der Waals surface area (Å²) in [6.07, 6.45) is 1.96. The van der Waals surface area contributed by atoms with Crippen LogP contribution in [-0.2, 0) is 7.05 Å². The summed E-state index contributed by atoms with van der Waals surface area (Å²) >= 11 is 1.57. The summed E-state index contributed by atoms with van der Waals surface area (Å²) in [5.74, 6) is -0.309. The van der Waals surface area contributed by atoms with Gasteiger partial charge in [0, 0.05) is 7.05 Å². The molecule has 0 N–H and O–H groups in total. The van der Waals surface area contributed by atoms with E-state index < -0.39 is 0 Å². The van der Waals surface area contributed by atoms with Gasteiger partial charge in [-0.25, -0.2) is 4.79 Å². The Morgan fingerprint density at radius 1 is 1.46 bits per heavy atom. The van der Waals surface area contributed by atoms with Crippen molar-refractivity contribution in [2.45, 2.75) is 4.90 Å². The van der Waals surface area contributed by atoms with Gasteiger partial charge in [-0.15, -0.1) is 11.8 Å². The Morgan fingerprint density at radius 3 is 2.92 bits per heavy atom. The maximum absolute atomic E-state index is 11.2. The van der Waals surface area contributed by atoms with Gasteiger partial charge in [-0.2, -0.15) is 0 Å². The lowest BCUT2D eigenvalue weighted by Gasteiger charge is -1.95. The van der Waals surface area contributed by atoms with Crippen LogP contribution in [-0.4, -0.2) is 10.8 Å². The first-order valence-corrected chi connectivity index (χ1v) is 5.09. The van der Waals surface area contributed by atoms with Crippen LogP contribution in [0.25, 0.3) is 11.1 Å². The molecule has 1 heterocycles. The average molecular weight is 195 g/mol. The van der Waals surface area contributed by atoms with Gasteiger partial charge in [-0.1, -0.05) is 6.07 Å². The van der Waals surface area contributed by atoms with Crippen molar-refractivity contribution in [3.63, 3.8) is 0 Å². The van der Waals surface area contributed by atoms with Gasteiger partial charge in [0.1, 0.15) is 0 Å². The Hall–Kier alpha value is -1.16. The van der Waals surface area contributed by atoms with Crippen molar-refractivity contribution in [1.82, 2.24) is 4.57 Å². The molecular formula is C9H9NO2S. The normalized spacial score (nSPS) is 10.9. The fraction of sp³-hybridized carbons (Fsp3) is 0.222. The summed E-state index contributed by atoms with van der Waals surface area (Å²) in [5.41, 5.74) is 1.53. The zero-order valence-corrected chi connectivity index (χ0v) is 8.22. The fourth-order valence-electron chi connectivity index (χ4n) is 1.29. The molecule has 0 amide bonds. The van der Waals surface area contributed by atoms with Crippen LogP contribution in [0.5, 0.6) is 0 Å². The number of hydrogen-bond donors (Lipinski definition) is 0. The van der Waals surface area contributed by atoms with E-state index in [1.165, 1.54) is 4.57 Å². The number of nitrogens with zero attached hydrogens (tertiary/aromatic N) is 1. The van der Waals surface area contributed by atoms with Crippen LogP contribution in [0.3, 0.4) is 0 Å². The molecule has 0 spiro atoms. The van der Waals surface area contributed by atoms with Crippen molar-refractivity contribution in [1.29, 1.82) is 0 Å². The first-order chi connectivity index (χ1) is 6.24. The zero-order chi connectivity index (χ0) is 9.42. The Bertz CT molecular complexity index is 498. The van der Waals surface area contributed by atoms with Crippen LogP contribution in [0.4, 0.5) is 0 Å². The summed E-state index contributed by atoms with van der Waals surface area (Å²) in [4.78, 5) is 12.2. The second kappa shape index (κ2) is 2.96. The maximum Gasteiger partial charge on any atom is 0.419 e. The minimum Gasteiger partial charge on any atom is -0.406 e. The quantitative estimate of drug-likeness (QED) is 0.651. The Kier molecular flexibility index (Phi) is 1.92. The van der Waals surface area contributed by atoms with Gasteiger partial charge in [-0.05, 0) is 18.4 Å². The van der Waals surface area contributed by atoms with E-state index in [0.717, 1.165) is 10.4 Å². The van der Waals surface area contributed by atoms with Crippen molar-refractivity contribution < 1.29 is 4.42 Å². The monoisotopic (exact) mass is 195 g/mol. The lowest BCUT2D eigenvalue weighted by Crippen LogP contribution is -2.08.